The number of rotatable bonds is 3. The van der Waals surface area contributed by atoms with Crippen LogP contribution in [0.5, 0.6) is 0 Å². The first kappa shape index (κ1) is 10.9. The molecule has 0 aromatic carbocycles. The third-order valence-corrected chi connectivity index (χ3v) is 2.53. The van der Waals surface area contributed by atoms with E-state index in [1.54, 1.807) is 0 Å². The van der Waals surface area contributed by atoms with E-state index < -0.39 is 0 Å². The maximum atomic E-state index is 10.6. The van der Waals surface area contributed by atoms with Crippen molar-refractivity contribution in [2.24, 2.45) is 11.7 Å². The van der Waals surface area contributed by atoms with Crippen molar-refractivity contribution >= 4 is 11.8 Å². The zero-order valence-electron chi connectivity index (χ0n) is 8.51. The Hall–Kier alpha value is -1.19. The molecule has 0 aromatic rings. The van der Waals surface area contributed by atoms with E-state index >= 15 is 0 Å². The Morgan fingerprint density at radius 1 is 1.71 bits per heavy atom. The van der Waals surface area contributed by atoms with Gasteiger partial charge in [0.2, 0.25) is 0 Å². The highest BCUT2D eigenvalue weighted by molar-refractivity contribution is 5.90. The summed E-state index contributed by atoms with van der Waals surface area (Å²) in [5, 5.41) is 7.33. The Labute approximate surface area is 84.3 Å². The largest absolute Gasteiger partial charge is 0.465 e. The highest BCUT2D eigenvalue weighted by atomic mass is 16.5. The van der Waals surface area contributed by atoms with Crippen LogP contribution in [0.15, 0.2) is 0 Å². The molecular formula is C10H17N2O2+. The van der Waals surface area contributed by atoms with Gasteiger partial charge in [-0.3, -0.25) is 4.79 Å². The molecule has 1 aliphatic carbocycles. The fraction of sp³-hybridized carbons (Fsp3) is 0.700. The summed E-state index contributed by atoms with van der Waals surface area (Å²) in [5.41, 5.74) is 5.42. The average Bonchev–Trinajstić information content (AvgIpc) is 2.15. The highest BCUT2D eigenvalue weighted by Crippen LogP contribution is 2.30. The Balaban J connectivity index is 2.32. The number of hydrogen-bond acceptors (Lipinski definition) is 3. The molecule has 4 nitrogen and oxygen atoms in total. The third kappa shape index (κ3) is 3.28. The van der Waals surface area contributed by atoms with E-state index in [0.717, 1.165) is 31.6 Å². The molecule has 1 atom stereocenters. The molecule has 0 aliphatic heterocycles. The van der Waals surface area contributed by atoms with Gasteiger partial charge >= 0.3 is 5.97 Å². The lowest BCUT2D eigenvalue weighted by molar-refractivity contribution is -0.142. The van der Waals surface area contributed by atoms with E-state index in [1.807, 2.05) is 0 Å². The summed E-state index contributed by atoms with van der Waals surface area (Å²) < 4.78 is 4.95. The van der Waals surface area contributed by atoms with Crippen LogP contribution in [0.3, 0.4) is 0 Å². The monoisotopic (exact) mass is 197 g/mol. The second-order valence-corrected chi connectivity index (χ2v) is 3.78. The number of hydrogen-bond donors (Lipinski definition) is 2. The number of nitrogens with two attached hydrogens (primary N) is 1. The highest BCUT2D eigenvalue weighted by Gasteiger charge is 2.34. The van der Waals surface area contributed by atoms with Crippen molar-refractivity contribution in [3.63, 3.8) is 0 Å². The summed E-state index contributed by atoms with van der Waals surface area (Å²) in [7, 11) is 0. The van der Waals surface area contributed by atoms with Gasteiger partial charge in [-0.15, -0.1) is 0 Å². The Morgan fingerprint density at radius 3 is 3.00 bits per heavy atom. The van der Waals surface area contributed by atoms with Gasteiger partial charge in [0.1, 0.15) is 6.42 Å². The summed E-state index contributed by atoms with van der Waals surface area (Å²) >= 11 is 0. The maximum absolute atomic E-state index is 10.6. The zero-order chi connectivity index (χ0) is 10.6. The van der Waals surface area contributed by atoms with E-state index in [2.05, 4.69) is 0 Å². The fourth-order valence-electron chi connectivity index (χ4n) is 1.78. The predicted octanol–water partition coefficient (Wildman–Crippen LogP) is 1.25. The quantitative estimate of drug-likeness (QED) is 0.309. The molecule has 1 rings (SSSR count). The van der Waals surface area contributed by atoms with E-state index in [4.69, 9.17) is 15.9 Å². The van der Waals surface area contributed by atoms with Crippen LogP contribution in [0.1, 0.15) is 32.6 Å². The number of esters is 1. The van der Waals surface area contributed by atoms with Crippen molar-refractivity contribution in [3.05, 3.63) is 5.92 Å². The smallest absolute Gasteiger partial charge is 0.302 e. The van der Waals surface area contributed by atoms with Crippen LogP contribution in [-0.2, 0) is 9.53 Å². The van der Waals surface area contributed by atoms with Crippen molar-refractivity contribution in [3.8, 4) is 0 Å². The van der Waals surface area contributed by atoms with E-state index in [-0.39, 0.29) is 11.8 Å². The average molecular weight is 197 g/mol. The zero-order valence-corrected chi connectivity index (χ0v) is 8.51. The fourth-order valence-corrected chi connectivity index (χ4v) is 1.78. The van der Waals surface area contributed by atoms with Gasteiger partial charge in [-0.05, 0) is 12.8 Å². The topological polar surface area (TPSA) is 76.2 Å². The van der Waals surface area contributed by atoms with Crippen molar-refractivity contribution < 1.29 is 9.53 Å². The molecular weight excluding hydrogens is 180 g/mol. The van der Waals surface area contributed by atoms with Gasteiger partial charge in [0.25, 0.3) is 5.84 Å². The van der Waals surface area contributed by atoms with Crippen LogP contribution in [0.25, 0.3) is 0 Å². The number of amidine groups is 1. The van der Waals surface area contributed by atoms with Gasteiger partial charge in [-0.25, -0.2) is 5.41 Å². The minimum absolute atomic E-state index is 0.192. The van der Waals surface area contributed by atoms with E-state index in [9.17, 15) is 4.79 Å². The molecule has 1 aliphatic rings. The molecule has 14 heavy (non-hydrogen) atoms. The van der Waals surface area contributed by atoms with Crippen molar-refractivity contribution in [1.29, 1.82) is 5.41 Å². The maximum Gasteiger partial charge on any atom is 0.302 e. The summed E-state index contributed by atoms with van der Waals surface area (Å²) in [4.78, 5) is 10.6. The second kappa shape index (κ2) is 4.88. The van der Waals surface area contributed by atoms with Gasteiger partial charge in [-0.1, -0.05) is 0 Å². The van der Waals surface area contributed by atoms with Crippen LogP contribution < -0.4 is 5.73 Å². The normalized spacial score (nSPS) is 21.8. The Morgan fingerprint density at radius 2 is 2.43 bits per heavy atom. The molecule has 0 heterocycles. The van der Waals surface area contributed by atoms with Crippen LogP contribution in [-0.4, -0.2) is 18.4 Å². The molecule has 78 valence electrons. The molecule has 0 spiro atoms. The lowest BCUT2D eigenvalue weighted by Gasteiger charge is -2.19. The van der Waals surface area contributed by atoms with Gasteiger partial charge in [0.05, 0.1) is 13.0 Å². The first-order valence-electron chi connectivity index (χ1n) is 4.92. The van der Waals surface area contributed by atoms with Crippen molar-refractivity contribution in [1.82, 2.24) is 0 Å². The van der Waals surface area contributed by atoms with E-state index in [1.165, 1.54) is 6.92 Å². The molecule has 1 fully saturated rings. The minimum atomic E-state index is -0.236. The minimum Gasteiger partial charge on any atom is -0.465 e. The van der Waals surface area contributed by atoms with E-state index in [0.29, 0.717) is 12.5 Å². The van der Waals surface area contributed by atoms with Crippen LogP contribution in [0.2, 0.25) is 0 Å². The molecule has 0 amide bonds. The lowest BCUT2D eigenvalue weighted by atomic mass is 9.81. The SMILES string of the molecule is CC(=O)OCC1CCC[C+](C(=N)N)C1. The lowest BCUT2D eigenvalue weighted by Crippen LogP contribution is -2.28. The molecule has 1 unspecified atom stereocenters. The summed E-state index contributed by atoms with van der Waals surface area (Å²) in [6.07, 6.45) is 3.83. The van der Waals surface area contributed by atoms with Gasteiger partial charge < -0.3 is 10.5 Å². The van der Waals surface area contributed by atoms with Crippen LogP contribution >= 0.6 is 0 Å². The predicted molar refractivity (Wildman–Crippen MR) is 53.7 cm³/mol. The van der Waals surface area contributed by atoms with Gasteiger partial charge in [0, 0.05) is 12.8 Å². The van der Waals surface area contributed by atoms with Crippen LogP contribution in [0.4, 0.5) is 0 Å². The summed E-state index contributed by atoms with van der Waals surface area (Å²) in [6.45, 7) is 1.88. The number of ether oxygens (including phenoxy) is 1. The van der Waals surface area contributed by atoms with Crippen molar-refractivity contribution in [2.45, 2.75) is 32.6 Å². The second-order valence-electron chi connectivity index (χ2n) is 3.78. The molecule has 3 N–H and O–H groups in total. The molecule has 0 bridgehead atoms. The van der Waals surface area contributed by atoms with Crippen LogP contribution in [0, 0.1) is 17.2 Å². The third-order valence-electron chi connectivity index (χ3n) is 2.53. The summed E-state index contributed by atoms with van der Waals surface area (Å²) in [5.74, 6) is 1.32. The molecule has 0 saturated heterocycles. The number of nitrogens with one attached hydrogen (secondary N) is 1. The van der Waals surface area contributed by atoms with Crippen molar-refractivity contribution in [2.75, 3.05) is 6.61 Å². The Bertz CT molecular complexity index is 228. The molecule has 0 radical (unpaired) electrons. The molecule has 0 aromatic heterocycles. The first-order valence-corrected chi connectivity index (χ1v) is 4.92. The molecule has 1 saturated carbocycles. The summed E-state index contributed by atoms with van der Waals surface area (Å²) in [6, 6.07) is 0. The number of carbonyl (C=O) groups excluding carboxylic acids is 1. The van der Waals surface area contributed by atoms with Gasteiger partial charge in [0.15, 0.2) is 5.92 Å². The molecule has 4 heteroatoms. The number of carbonyl (C=O) groups is 1. The standard InChI is InChI=1S/C10H17N2O2/c1-7(13)14-6-8-3-2-4-9(5-8)10(11)12/h8H,2-6H2,1H3,(H3,11,12)/q+1. The Kier molecular flexibility index (Phi) is 3.80. The van der Waals surface area contributed by atoms with Gasteiger partial charge in [-0.2, -0.15) is 0 Å². The first-order chi connectivity index (χ1) is 6.59.